The summed E-state index contributed by atoms with van der Waals surface area (Å²) < 4.78 is 11.7. The van der Waals surface area contributed by atoms with Gasteiger partial charge in [0, 0.05) is 5.92 Å². The van der Waals surface area contributed by atoms with Gasteiger partial charge in [0.25, 0.3) is 0 Å². The first-order valence-electron chi connectivity index (χ1n) is 5.67. The first-order chi connectivity index (χ1) is 8.16. The Morgan fingerprint density at radius 1 is 1.41 bits per heavy atom. The molecule has 1 N–H and O–H groups in total. The van der Waals surface area contributed by atoms with E-state index in [1.54, 1.807) is 6.07 Å². The van der Waals surface area contributed by atoms with Crippen LogP contribution in [0.4, 0.5) is 0 Å². The van der Waals surface area contributed by atoms with Gasteiger partial charge in [0.2, 0.25) is 0 Å². The Balaban J connectivity index is 1.84. The van der Waals surface area contributed by atoms with Crippen molar-refractivity contribution >= 4 is 15.9 Å². The van der Waals surface area contributed by atoms with Gasteiger partial charge < -0.3 is 13.9 Å². The number of rotatable bonds is 3. The van der Waals surface area contributed by atoms with Gasteiger partial charge in [-0.3, -0.25) is 0 Å². The predicted molar refractivity (Wildman–Crippen MR) is 65.7 cm³/mol. The third kappa shape index (κ3) is 1.96. The van der Waals surface area contributed by atoms with Crippen LogP contribution in [0.3, 0.4) is 0 Å². The minimum absolute atomic E-state index is 0.481. The molecule has 0 spiro atoms. The van der Waals surface area contributed by atoms with Gasteiger partial charge in [-0.2, -0.15) is 0 Å². The Bertz CT molecular complexity index is 528. The fraction of sp³-hybridized carbons (Fsp3) is 0.385. The Labute approximate surface area is 108 Å². The van der Waals surface area contributed by atoms with E-state index in [-0.39, 0.29) is 0 Å². The monoisotopic (exact) mass is 296 g/mol. The van der Waals surface area contributed by atoms with Gasteiger partial charge in [-0.15, -0.1) is 0 Å². The second-order valence-corrected chi connectivity index (χ2v) is 5.45. The average Bonchev–Trinajstić information content (AvgIpc) is 2.76. The molecule has 3 rings (SSSR count). The second kappa shape index (κ2) is 4.03. The van der Waals surface area contributed by atoms with Crippen molar-refractivity contribution in [2.24, 2.45) is 5.92 Å². The lowest BCUT2D eigenvalue weighted by atomic mass is 10.2. The molecule has 3 unspecified atom stereocenters. The normalized spacial score (nSPS) is 24.9. The van der Waals surface area contributed by atoms with Crippen LogP contribution < -0.4 is 0 Å². The third-order valence-electron chi connectivity index (χ3n) is 3.29. The molecule has 4 heteroatoms. The second-order valence-electron chi connectivity index (χ2n) is 4.59. The molecule has 0 amide bonds. The summed E-state index contributed by atoms with van der Waals surface area (Å²) in [4.78, 5) is 0. The number of furan rings is 2. The van der Waals surface area contributed by atoms with Crippen molar-refractivity contribution in [1.82, 2.24) is 0 Å². The molecule has 1 saturated carbocycles. The Morgan fingerprint density at radius 3 is 2.76 bits per heavy atom. The molecule has 0 aliphatic heterocycles. The van der Waals surface area contributed by atoms with Gasteiger partial charge in [0.05, 0.1) is 10.7 Å². The zero-order chi connectivity index (χ0) is 12.0. The highest BCUT2D eigenvalue weighted by Crippen LogP contribution is 2.48. The molecule has 3 nitrogen and oxygen atoms in total. The van der Waals surface area contributed by atoms with Gasteiger partial charge in [-0.1, -0.05) is 6.92 Å². The summed E-state index contributed by atoms with van der Waals surface area (Å²) in [5.74, 6) is 3.20. The molecule has 2 aromatic heterocycles. The molecular weight excluding hydrogens is 284 g/mol. The van der Waals surface area contributed by atoms with Crippen LogP contribution in [0.1, 0.15) is 42.6 Å². The summed E-state index contributed by atoms with van der Waals surface area (Å²) in [5, 5.41) is 10.1. The fourth-order valence-electron chi connectivity index (χ4n) is 2.06. The van der Waals surface area contributed by atoms with E-state index in [1.165, 1.54) is 12.7 Å². The van der Waals surface area contributed by atoms with Crippen molar-refractivity contribution < 1.29 is 13.9 Å². The smallest absolute Gasteiger partial charge is 0.170 e. The van der Waals surface area contributed by atoms with Crippen LogP contribution in [0.25, 0.3) is 0 Å². The third-order valence-corrected chi connectivity index (χ3v) is 3.94. The van der Waals surface area contributed by atoms with E-state index in [2.05, 4.69) is 22.9 Å². The maximum Gasteiger partial charge on any atom is 0.170 e. The Kier molecular flexibility index (Phi) is 2.64. The summed E-state index contributed by atoms with van der Waals surface area (Å²) in [6, 6.07) is 5.52. The summed E-state index contributed by atoms with van der Waals surface area (Å²) in [6.45, 7) is 2.20. The maximum atomic E-state index is 10.1. The topological polar surface area (TPSA) is 46.5 Å². The highest BCUT2D eigenvalue weighted by atomic mass is 79.9. The van der Waals surface area contributed by atoms with Gasteiger partial charge in [-0.25, -0.2) is 0 Å². The Hall–Kier alpha value is -1.000. The maximum absolute atomic E-state index is 10.1. The van der Waals surface area contributed by atoms with Crippen molar-refractivity contribution in [2.45, 2.75) is 25.4 Å². The highest BCUT2D eigenvalue weighted by Gasteiger charge is 2.37. The number of aliphatic hydroxyl groups excluding tert-OH is 1. The number of hydrogen-bond donors (Lipinski definition) is 1. The quantitative estimate of drug-likeness (QED) is 0.936. The minimum atomic E-state index is -0.845. The molecule has 1 fully saturated rings. The molecule has 0 bridgehead atoms. The molecule has 0 aromatic carbocycles. The van der Waals surface area contributed by atoms with Crippen LogP contribution in [-0.2, 0) is 0 Å². The molecule has 1 aliphatic carbocycles. The van der Waals surface area contributed by atoms with Crippen LogP contribution in [-0.4, -0.2) is 5.11 Å². The largest absolute Gasteiger partial charge is 0.465 e. The van der Waals surface area contributed by atoms with Crippen LogP contribution in [0.15, 0.2) is 37.8 Å². The zero-order valence-corrected chi connectivity index (χ0v) is 11.0. The van der Waals surface area contributed by atoms with Crippen LogP contribution in [0, 0.1) is 5.92 Å². The predicted octanol–water partition coefficient (Wildman–Crippen LogP) is 3.84. The molecule has 2 heterocycles. The first kappa shape index (κ1) is 11.1. The molecule has 90 valence electrons. The van der Waals surface area contributed by atoms with Crippen molar-refractivity contribution in [3.05, 3.63) is 46.2 Å². The summed E-state index contributed by atoms with van der Waals surface area (Å²) in [5.41, 5.74) is 0. The zero-order valence-electron chi connectivity index (χ0n) is 9.39. The lowest BCUT2D eigenvalue weighted by Crippen LogP contribution is -1.96. The van der Waals surface area contributed by atoms with Crippen LogP contribution in [0.2, 0.25) is 0 Å². The molecule has 2 aromatic rings. The van der Waals surface area contributed by atoms with Gasteiger partial charge in [-0.05, 0) is 46.5 Å². The van der Waals surface area contributed by atoms with Gasteiger partial charge in [0.15, 0.2) is 11.9 Å². The van der Waals surface area contributed by atoms with Crippen molar-refractivity contribution in [1.29, 1.82) is 0 Å². The molecule has 0 saturated heterocycles. The summed E-state index contributed by atoms with van der Waals surface area (Å²) in [7, 11) is 0. The minimum Gasteiger partial charge on any atom is -0.465 e. The molecule has 3 atom stereocenters. The van der Waals surface area contributed by atoms with E-state index in [0.29, 0.717) is 23.4 Å². The lowest BCUT2D eigenvalue weighted by Gasteiger charge is -2.04. The molecular formula is C13H13BrO3. The van der Waals surface area contributed by atoms with Crippen LogP contribution in [0.5, 0.6) is 0 Å². The highest BCUT2D eigenvalue weighted by molar-refractivity contribution is 9.10. The molecule has 1 aliphatic rings. The van der Waals surface area contributed by atoms with E-state index in [0.717, 1.165) is 10.2 Å². The first-order valence-corrected chi connectivity index (χ1v) is 6.46. The summed E-state index contributed by atoms with van der Waals surface area (Å²) in [6.07, 6.45) is 1.87. The standard InChI is InChI=1S/C13H13BrO3/c1-7-6-8(7)10-2-3-11(17-10)12(15)13-9(14)4-5-16-13/h2-5,7-8,12,15H,6H2,1H3. The summed E-state index contributed by atoms with van der Waals surface area (Å²) >= 11 is 3.33. The van der Waals surface area contributed by atoms with E-state index in [9.17, 15) is 5.11 Å². The van der Waals surface area contributed by atoms with E-state index >= 15 is 0 Å². The number of halogens is 1. The average molecular weight is 297 g/mol. The van der Waals surface area contributed by atoms with Crippen molar-refractivity contribution in [3.63, 3.8) is 0 Å². The Morgan fingerprint density at radius 2 is 2.18 bits per heavy atom. The lowest BCUT2D eigenvalue weighted by molar-refractivity contribution is 0.159. The van der Waals surface area contributed by atoms with E-state index in [1.807, 2.05) is 12.1 Å². The van der Waals surface area contributed by atoms with Crippen molar-refractivity contribution in [3.8, 4) is 0 Å². The van der Waals surface area contributed by atoms with Crippen LogP contribution >= 0.6 is 15.9 Å². The fourth-order valence-corrected chi connectivity index (χ4v) is 2.48. The number of hydrogen-bond acceptors (Lipinski definition) is 3. The van der Waals surface area contributed by atoms with E-state index < -0.39 is 6.10 Å². The van der Waals surface area contributed by atoms with Gasteiger partial charge in [0.1, 0.15) is 11.5 Å². The molecule has 0 radical (unpaired) electrons. The molecule has 17 heavy (non-hydrogen) atoms. The van der Waals surface area contributed by atoms with E-state index in [4.69, 9.17) is 8.83 Å². The van der Waals surface area contributed by atoms with Crippen molar-refractivity contribution in [2.75, 3.05) is 0 Å². The number of aliphatic hydroxyl groups is 1. The van der Waals surface area contributed by atoms with Gasteiger partial charge >= 0.3 is 0 Å². The SMILES string of the molecule is CC1CC1c1ccc(C(O)c2occc2Br)o1.